The van der Waals surface area contributed by atoms with E-state index in [0.29, 0.717) is 18.0 Å². The summed E-state index contributed by atoms with van der Waals surface area (Å²) in [6.07, 6.45) is 3.10. The molecule has 0 radical (unpaired) electrons. The molecule has 3 atom stereocenters. The minimum Gasteiger partial charge on any atom is -0.355 e. The molecule has 0 bridgehead atoms. The van der Waals surface area contributed by atoms with Crippen LogP contribution in [0, 0.1) is 5.92 Å². The number of carbonyl (C=O) groups is 1. The predicted octanol–water partition coefficient (Wildman–Crippen LogP) is 0.509. The molecule has 0 spiro atoms. The number of nitrogens with one attached hydrogen (secondary N) is 2. The quantitative estimate of drug-likeness (QED) is 0.593. The maximum Gasteiger partial charge on any atom is 0.207 e. The van der Waals surface area contributed by atoms with Crippen molar-refractivity contribution in [3.8, 4) is 0 Å². The first kappa shape index (κ1) is 9.52. The normalized spacial score (nSPS) is 37.0. The standard InChI is InChI=1S/C9H18N2O/c1-7-3-8(2)10-5-9(4-7)11-6-12/h6-10H,3-5H2,1-2H3,(H,11,12). The Morgan fingerprint density at radius 1 is 1.42 bits per heavy atom. The van der Waals surface area contributed by atoms with E-state index in [4.69, 9.17) is 0 Å². The van der Waals surface area contributed by atoms with Crippen molar-refractivity contribution in [1.82, 2.24) is 10.6 Å². The van der Waals surface area contributed by atoms with Crippen molar-refractivity contribution < 1.29 is 4.79 Å². The summed E-state index contributed by atoms with van der Waals surface area (Å²) in [4.78, 5) is 10.2. The van der Waals surface area contributed by atoms with Gasteiger partial charge in [0, 0.05) is 18.6 Å². The van der Waals surface area contributed by atoms with Crippen molar-refractivity contribution >= 4 is 6.41 Å². The van der Waals surface area contributed by atoms with Gasteiger partial charge in [0.1, 0.15) is 0 Å². The summed E-state index contributed by atoms with van der Waals surface area (Å²) in [7, 11) is 0. The van der Waals surface area contributed by atoms with E-state index < -0.39 is 0 Å². The monoisotopic (exact) mass is 170 g/mol. The van der Waals surface area contributed by atoms with Crippen LogP contribution in [-0.4, -0.2) is 25.0 Å². The fourth-order valence-corrected chi connectivity index (χ4v) is 1.92. The van der Waals surface area contributed by atoms with E-state index in [9.17, 15) is 4.79 Å². The number of hydrogen-bond donors (Lipinski definition) is 2. The van der Waals surface area contributed by atoms with Crippen molar-refractivity contribution in [1.29, 1.82) is 0 Å². The summed E-state index contributed by atoms with van der Waals surface area (Å²) in [6.45, 7) is 5.34. The van der Waals surface area contributed by atoms with Gasteiger partial charge in [-0.25, -0.2) is 0 Å². The van der Waals surface area contributed by atoms with E-state index in [1.807, 2.05) is 0 Å². The van der Waals surface area contributed by atoms with Gasteiger partial charge in [-0.15, -0.1) is 0 Å². The molecule has 12 heavy (non-hydrogen) atoms. The molecule has 1 saturated heterocycles. The SMILES string of the molecule is CC1CC(C)NCC(NC=O)C1. The third kappa shape index (κ3) is 2.81. The highest BCUT2D eigenvalue weighted by molar-refractivity contribution is 5.46. The Morgan fingerprint density at radius 3 is 2.83 bits per heavy atom. The topological polar surface area (TPSA) is 41.1 Å². The van der Waals surface area contributed by atoms with Gasteiger partial charge in [-0.1, -0.05) is 6.92 Å². The second-order valence-electron chi connectivity index (χ2n) is 3.87. The molecule has 0 aromatic heterocycles. The van der Waals surface area contributed by atoms with Gasteiger partial charge < -0.3 is 10.6 Å². The van der Waals surface area contributed by atoms with E-state index in [-0.39, 0.29) is 0 Å². The van der Waals surface area contributed by atoms with E-state index in [2.05, 4.69) is 24.5 Å². The zero-order chi connectivity index (χ0) is 8.97. The molecule has 1 fully saturated rings. The van der Waals surface area contributed by atoms with Crippen LogP contribution in [0.25, 0.3) is 0 Å². The first-order chi connectivity index (χ1) is 5.72. The number of hydrogen-bond acceptors (Lipinski definition) is 2. The van der Waals surface area contributed by atoms with Gasteiger partial charge >= 0.3 is 0 Å². The lowest BCUT2D eigenvalue weighted by molar-refractivity contribution is -0.110. The highest BCUT2D eigenvalue weighted by Crippen LogP contribution is 2.15. The van der Waals surface area contributed by atoms with Crippen LogP contribution < -0.4 is 10.6 Å². The van der Waals surface area contributed by atoms with E-state index in [1.165, 1.54) is 6.42 Å². The van der Waals surface area contributed by atoms with Gasteiger partial charge in [0.15, 0.2) is 0 Å². The zero-order valence-electron chi connectivity index (χ0n) is 7.84. The lowest BCUT2D eigenvalue weighted by Gasteiger charge is -2.14. The summed E-state index contributed by atoms with van der Waals surface area (Å²) in [5.74, 6) is 0.701. The molecule has 1 amide bonds. The fraction of sp³-hybridized carbons (Fsp3) is 0.889. The van der Waals surface area contributed by atoms with E-state index in [0.717, 1.165) is 19.4 Å². The summed E-state index contributed by atoms with van der Waals surface area (Å²) in [5.41, 5.74) is 0. The Bertz CT molecular complexity index is 149. The van der Waals surface area contributed by atoms with Gasteiger partial charge in [-0.05, 0) is 25.7 Å². The van der Waals surface area contributed by atoms with Crippen LogP contribution in [0.2, 0.25) is 0 Å². The van der Waals surface area contributed by atoms with Crippen molar-refractivity contribution in [3.63, 3.8) is 0 Å². The second-order valence-corrected chi connectivity index (χ2v) is 3.87. The number of carbonyl (C=O) groups excluding carboxylic acids is 1. The van der Waals surface area contributed by atoms with Crippen LogP contribution in [0.3, 0.4) is 0 Å². The Morgan fingerprint density at radius 2 is 2.17 bits per heavy atom. The van der Waals surface area contributed by atoms with Gasteiger partial charge in [0.05, 0.1) is 0 Å². The zero-order valence-corrected chi connectivity index (χ0v) is 7.84. The Labute approximate surface area is 73.9 Å². The second kappa shape index (κ2) is 4.45. The molecule has 3 nitrogen and oxygen atoms in total. The molecule has 0 aromatic rings. The number of rotatable bonds is 2. The molecular formula is C9H18N2O. The minimum atomic E-state index is 0.322. The molecule has 3 heteroatoms. The average Bonchev–Trinajstić information content (AvgIpc) is 2.13. The first-order valence-corrected chi connectivity index (χ1v) is 4.65. The Balaban J connectivity index is 2.40. The van der Waals surface area contributed by atoms with Gasteiger partial charge in [0.2, 0.25) is 6.41 Å². The van der Waals surface area contributed by atoms with Gasteiger partial charge in [-0.2, -0.15) is 0 Å². The molecule has 3 unspecified atom stereocenters. The maximum absolute atomic E-state index is 10.2. The highest BCUT2D eigenvalue weighted by atomic mass is 16.1. The van der Waals surface area contributed by atoms with Crippen LogP contribution >= 0.6 is 0 Å². The smallest absolute Gasteiger partial charge is 0.207 e. The molecule has 1 rings (SSSR count). The molecule has 1 aliphatic heterocycles. The third-order valence-corrected chi connectivity index (χ3v) is 2.46. The van der Waals surface area contributed by atoms with Crippen molar-refractivity contribution in [2.45, 2.75) is 38.8 Å². The minimum absolute atomic E-state index is 0.322. The van der Waals surface area contributed by atoms with Crippen molar-refractivity contribution in [3.05, 3.63) is 0 Å². The lowest BCUT2D eigenvalue weighted by atomic mass is 9.98. The van der Waals surface area contributed by atoms with Crippen molar-refractivity contribution in [2.75, 3.05) is 6.54 Å². The van der Waals surface area contributed by atoms with Gasteiger partial charge in [0.25, 0.3) is 0 Å². The fourth-order valence-electron chi connectivity index (χ4n) is 1.92. The van der Waals surface area contributed by atoms with Crippen LogP contribution in [0.1, 0.15) is 26.7 Å². The van der Waals surface area contributed by atoms with Crippen LogP contribution in [0.4, 0.5) is 0 Å². The Hall–Kier alpha value is -0.570. The van der Waals surface area contributed by atoms with E-state index in [1.54, 1.807) is 0 Å². The third-order valence-electron chi connectivity index (χ3n) is 2.46. The first-order valence-electron chi connectivity index (χ1n) is 4.65. The van der Waals surface area contributed by atoms with Crippen LogP contribution in [0.5, 0.6) is 0 Å². The lowest BCUT2D eigenvalue weighted by Crippen LogP contribution is -2.38. The largest absolute Gasteiger partial charge is 0.355 e. The molecule has 2 N–H and O–H groups in total. The molecule has 70 valence electrons. The summed E-state index contributed by atoms with van der Waals surface area (Å²) in [6, 6.07) is 0.904. The highest BCUT2D eigenvalue weighted by Gasteiger charge is 2.19. The average molecular weight is 170 g/mol. The molecular weight excluding hydrogens is 152 g/mol. The molecule has 1 heterocycles. The molecule has 0 aromatic carbocycles. The maximum atomic E-state index is 10.2. The van der Waals surface area contributed by atoms with Crippen molar-refractivity contribution in [2.24, 2.45) is 5.92 Å². The molecule has 0 saturated carbocycles. The predicted molar refractivity (Wildman–Crippen MR) is 48.9 cm³/mol. The number of amides is 1. The van der Waals surface area contributed by atoms with Crippen LogP contribution in [0.15, 0.2) is 0 Å². The molecule has 0 aliphatic carbocycles. The van der Waals surface area contributed by atoms with Gasteiger partial charge in [-0.3, -0.25) is 4.79 Å². The summed E-state index contributed by atoms with van der Waals surface area (Å²) < 4.78 is 0. The summed E-state index contributed by atoms with van der Waals surface area (Å²) in [5, 5.41) is 6.22. The molecule has 1 aliphatic rings. The Kier molecular flexibility index (Phi) is 3.53. The summed E-state index contributed by atoms with van der Waals surface area (Å²) >= 11 is 0. The van der Waals surface area contributed by atoms with E-state index >= 15 is 0 Å². The van der Waals surface area contributed by atoms with Crippen LogP contribution in [-0.2, 0) is 4.79 Å².